The van der Waals surface area contributed by atoms with Gasteiger partial charge in [0.15, 0.2) is 25.0 Å². The molecule has 5 nitrogen and oxygen atoms in total. The van der Waals surface area contributed by atoms with E-state index in [9.17, 15) is 10.2 Å². The van der Waals surface area contributed by atoms with Gasteiger partial charge in [0.1, 0.15) is 13.1 Å². The minimum atomic E-state index is -0.461. The number of benzene rings is 2. The Morgan fingerprint density at radius 1 is 0.886 bits per heavy atom. The van der Waals surface area contributed by atoms with E-state index in [1.807, 2.05) is 31.1 Å². The predicted molar refractivity (Wildman–Crippen MR) is 147 cm³/mol. The number of aliphatic hydroxyl groups is 2. The number of hydrogen-bond acceptors (Lipinski definition) is 3. The lowest BCUT2D eigenvalue weighted by atomic mass is 10.0. The number of hydrogen-bond donors (Lipinski definition) is 2. The van der Waals surface area contributed by atoms with Crippen molar-refractivity contribution in [3.63, 3.8) is 0 Å². The van der Waals surface area contributed by atoms with Crippen LogP contribution in [0.3, 0.4) is 0 Å². The van der Waals surface area contributed by atoms with Crippen LogP contribution in [-0.2, 0) is 6.54 Å². The minimum absolute atomic E-state index is 0.128. The molecule has 35 heavy (non-hydrogen) atoms. The van der Waals surface area contributed by atoms with Gasteiger partial charge in [0, 0.05) is 30.9 Å². The molecule has 0 radical (unpaired) electrons. The van der Waals surface area contributed by atoms with Gasteiger partial charge in [0.2, 0.25) is 0 Å². The zero-order valence-corrected chi connectivity index (χ0v) is 21.9. The first-order chi connectivity index (χ1) is 16.8. The molecule has 0 aliphatic rings. The number of aliphatic hydroxyl groups excluding tert-OH is 2. The van der Waals surface area contributed by atoms with Crippen molar-refractivity contribution in [2.45, 2.75) is 39.3 Å². The van der Waals surface area contributed by atoms with Gasteiger partial charge in [0.25, 0.3) is 0 Å². The van der Waals surface area contributed by atoms with Crippen LogP contribution >= 0.6 is 0 Å². The van der Waals surface area contributed by atoms with Crippen molar-refractivity contribution in [1.82, 2.24) is 0 Å². The highest BCUT2D eigenvalue weighted by molar-refractivity contribution is 5.88. The molecular formula is C30H43N3O2+2. The topological polar surface area (TPSA) is 47.6 Å². The van der Waals surface area contributed by atoms with Gasteiger partial charge in [-0.05, 0) is 52.9 Å². The van der Waals surface area contributed by atoms with Crippen LogP contribution in [0.5, 0.6) is 0 Å². The smallest absolute Gasteiger partial charge is 0.179 e. The van der Waals surface area contributed by atoms with E-state index >= 15 is 0 Å². The Morgan fingerprint density at radius 2 is 1.51 bits per heavy atom. The van der Waals surface area contributed by atoms with Crippen LogP contribution in [0.2, 0.25) is 0 Å². The van der Waals surface area contributed by atoms with Crippen LogP contribution in [0.1, 0.15) is 37.8 Å². The molecule has 3 aromatic rings. The molecule has 0 spiro atoms. The van der Waals surface area contributed by atoms with Gasteiger partial charge in [-0.2, -0.15) is 0 Å². The van der Waals surface area contributed by atoms with Crippen molar-refractivity contribution in [3.8, 4) is 0 Å². The zero-order valence-electron chi connectivity index (χ0n) is 21.9. The molecule has 0 aliphatic heterocycles. The van der Waals surface area contributed by atoms with E-state index in [1.165, 1.54) is 22.0 Å². The number of quaternary nitrogens is 1. The van der Waals surface area contributed by atoms with E-state index in [2.05, 4.69) is 79.4 Å². The maximum absolute atomic E-state index is 10.4. The molecule has 0 bridgehead atoms. The van der Waals surface area contributed by atoms with E-state index in [4.69, 9.17) is 0 Å². The summed E-state index contributed by atoms with van der Waals surface area (Å²) >= 11 is 0. The number of likely N-dealkylation sites (N-methyl/N-ethyl adjacent to an activating group) is 1. The van der Waals surface area contributed by atoms with Gasteiger partial charge in [-0.3, -0.25) is 0 Å². The van der Waals surface area contributed by atoms with E-state index in [0.717, 1.165) is 31.5 Å². The van der Waals surface area contributed by atoms with E-state index in [0.29, 0.717) is 24.1 Å². The van der Waals surface area contributed by atoms with Gasteiger partial charge in [-0.1, -0.05) is 44.2 Å². The van der Waals surface area contributed by atoms with E-state index in [-0.39, 0.29) is 6.61 Å². The van der Waals surface area contributed by atoms with Gasteiger partial charge >= 0.3 is 0 Å². The Labute approximate surface area is 211 Å². The first-order valence-corrected chi connectivity index (χ1v) is 12.9. The molecule has 5 heteroatoms. The van der Waals surface area contributed by atoms with Crippen LogP contribution in [0, 0.1) is 0 Å². The highest BCUT2D eigenvalue weighted by Crippen LogP contribution is 2.24. The van der Waals surface area contributed by atoms with Gasteiger partial charge in [0.05, 0.1) is 20.7 Å². The molecule has 188 valence electrons. The fraction of sp³-hybridized carbons (Fsp3) is 0.433. The Balaban J connectivity index is 1.64. The van der Waals surface area contributed by atoms with Crippen molar-refractivity contribution in [1.29, 1.82) is 0 Å². The second-order valence-electron chi connectivity index (χ2n) is 10.2. The van der Waals surface area contributed by atoms with Crippen molar-refractivity contribution in [2.75, 3.05) is 51.8 Å². The Morgan fingerprint density at radius 3 is 2.17 bits per heavy atom. The summed E-state index contributed by atoms with van der Waals surface area (Å²) in [6.07, 6.45) is 10.1. The number of pyridine rings is 1. The molecular weight excluding hydrogens is 434 g/mol. The van der Waals surface area contributed by atoms with Crippen LogP contribution < -0.4 is 9.47 Å². The van der Waals surface area contributed by atoms with Crippen molar-refractivity contribution < 1.29 is 19.3 Å². The molecule has 1 atom stereocenters. The molecule has 0 saturated carbocycles. The fourth-order valence-electron chi connectivity index (χ4n) is 4.59. The zero-order chi connectivity index (χ0) is 25.3. The fourth-order valence-corrected chi connectivity index (χ4v) is 4.59. The molecule has 0 aliphatic carbocycles. The Bertz CT molecular complexity index is 1090. The molecule has 1 heterocycles. The molecule has 1 aromatic heterocycles. The van der Waals surface area contributed by atoms with Crippen LogP contribution in [-0.4, -0.2) is 67.7 Å². The Kier molecular flexibility index (Phi) is 9.84. The molecule has 2 aromatic carbocycles. The highest BCUT2D eigenvalue weighted by Gasteiger charge is 2.22. The molecule has 2 N–H and O–H groups in total. The number of fused-ring (bicyclic) bond motifs is 1. The lowest BCUT2D eigenvalue weighted by Crippen LogP contribution is -2.51. The lowest BCUT2D eigenvalue weighted by Gasteiger charge is -2.30. The second-order valence-corrected chi connectivity index (χ2v) is 10.2. The second kappa shape index (κ2) is 12.8. The standard InChI is InChI=1S/C30H43N3O2/c1-5-15-32(16-6-2)29-12-11-27-21-26(9-10-28(27)22-29)8-7-25-13-17-31(18-14-25)23-30(35)24-33(3,4)19-20-34/h7-14,17-18,21-22,30,34-35H,5-6,15-16,19-20,23-24H2,1-4H3/q+2. The first-order valence-electron chi connectivity index (χ1n) is 12.9. The highest BCUT2D eigenvalue weighted by atomic mass is 16.3. The summed E-state index contributed by atoms with van der Waals surface area (Å²) in [6.45, 7) is 8.57. The maximum atomic E-state index is 10.4. The number of anilines is 1. The van der Waals surface area contributed by atoms with Gasteiger partial charge in [-0.25, -0.2) is 4.57 Å². The summed E-state index contributed by atoms with van der Waals surface area (Å²) < 4.78 is 2.61. The third kappa shape index (κ3) is 8.17. The molecule has 3 rings (SSSR count). The molecule has 1 unspecified atom stereocenters. The summed E-state index contributed by atoms with van der Waals surface area (Å²) in [5, 5.41) is 22.1. The molecule has 0 amide bonds. The summed E-state index contributed by atoms with van der Waals surface area (Å²) in [4.78, 5) is 2.48. The maximum Gasteiger partial charge on any atom is 0.179 e. The number of aromatic nitrogens is 1. The monoisotopic (exact) mass is 477 g/mol. The van der Waals surface area contributed by atoms with Crippen molar-refractivity contribution in [3.05, 3.63) is 72.1 Å². The van der Waals surface area contributed by atoms with Crippen molar-refractivity contribution >= 4 is 28.6 Å². The van der Waals surface area contributed by atoms with E-state index < -0.39 is 6.10 Å². The molecule has 0 saturated heterocycles. The first kappa shape index (κ1) is 26.9. The van der Waals surface area contributed by atoms with E-state index in [1.54, 1.807) is 0 Å². The third-order valence-electron chi connectivity index (χ3n) is 6.42. The average molecular weight is 478 g/mol. The summed E-state index contributed by atoms with van der Waals surface area (Å²) in [6, 6.07) is 17.6. The lowest BCUT2D eigenvalue weighted by molar-refractivity contribution is -0.896. The minimum Gasteiger partial charge on any atom is -0.391 e. The number of rotatable bonds is 13. The predicted octanol–water partition coefficient (Wildman–Crippen LogP) is 4.35. The normalized spacial score (nSPS) is 13.0. The largest absolute Gasteiger partial charge is 0.391 e. The van der Waals surface area contributed by atoms with Crippen LogP contribution in [0.25, 0.3) is 22.9 Å². The summed E-state index contributed by atoms with van der Waals surface area (Å²) in [5.74, 6) is 0. The average Bonchev–Trinajstić information content (AvgIpc) is 2.82. The quantitative estimate of drug-likeness (QED) is 0.284. The van der Waals surface area contributed by atoms with Crippen LogP contribution in [0.15, 0.2) is 60.9 Å². The molecule has 0 fully saturated rings. The van der Waals surface area contributed by atoms with Gasteiger partial charge < -0.3 is 19.6 Å². The number of nitrogens with zero attached hydrogens (tertiary/aromatic N) is 3. The third-order valence-corrected chi connectivity index (χ3v) is 6.42. The van der Waals surface area contributed by atoms with Gasteiger partial charge in [-0.15, -0.1) is 0 Å². The summed E-state index contributed by atoms with van der Waals surface area (Å²) in [7, 11) is 4.05. The van der Waals surface area contributed by atoms with Crippen LogP contribution in [0.4, 0.5) is 5.69 Å². The SMILES string of the molecule is CCCN(CCC)c1ccc2cc(/C=C/c3cc[n+](CC(O)C[N+](C)(C)CCO)cc3)ccc2c1. The Hall–Kier alpha value is -2.73. The summed E-state index contributed by atoms with van der Waals surface area (Å²) in [5.41, 5.74) is 3.61. The van der Waals surface area contributed by atoms with Crippen molar-refractivity contribution in [2.24, 2.45) is 0 Å².